The van der Waals surface area contributed by atoms with E-state index in [1.807, 2.05) is 0 Å². The molecule has 112 valence electrons. The third kappa shape index (κ3) is 3.72. The number of thioether (sulfide) groups is 1. The number of hydrogen-bond acceptors (Lipinski definition) is 4. The molecule has 0 aliphatic heterocycles. The van der Waals surface area contributed by atoms with Crippen LogP contribution in [0.4, 0.5) is 8.78 Å². The molecule has 1 aromatic carbocycles. The van der Waals surface area contributed by atoms with Crippen LogP contribution in [0.2, 0.25) is 0 Å². The molecule has 1 N–H and O–H groups in total. The Kier molecular flexibility index (Phi) is 4.79. The highest BCUT2D eigenvalue weighted by atomic mass is 32.2. The predicted molar refractivity (Wildman–Crippen MR) is 73.4 cm³/mol. The third-order valence-corrected chi connectivity index (χ3v) is 3.54. The Bertz CT molecular complexity index is 646. The third-order valence-electron chi connectivity index (χ3n) is 2.56. The zero-order chi connectivity index (χ0) is 15.4. The first-order valence-electron chi connectivity index (χ1n) is 5.88. The van der Waals surface area contributed by atoms with Gasteiger partial charge >= 0.3 is 5.97 Å². The normalized spacial score (nSPS) is 10.9. The quantitative estimate of drug-likeness (QED) is 0.830. The highest BCUT2D eigenvalue weighted by molar-refractivity contribution is 7.99. The van der Waals surface area contributed by atoms with Crippen LogP contribution in [0, 0.1) is 0 Å². The van der Waals surface area contributed by atoms with Crippen molar-refractivity contribution in [3.63, 3.8) is 0 Å². The van der Waals surface area contributed by atoms with E-state index in [4.69, 9.17) is 9.84 Å². The maximum Gasteiger partial charge on any atom is 0.313 e. The molecule has 0 fully saturated rings. The van der Waals surface area contributed by atoms with Gasteiger partial charge in [0.1, 0.15) is 16.5 Å². The van der Waals surface area contributed by atoms with Crippen molar-refractivity contribution in [2.75, 3.05) is 12.9 Å². The molecule has 0 aliphatic carbocycles. The Hall–Kier alpha value is -2.09. The SMILES string of the molecule is COc1cccc(-n2nc(C(F)F)cc2SCC(=O)O)c1. The molecule has 0 bridgehead atoms. The standard InChI is InChI=1S/C13H12F2N2O3S/c1-20-9-4-2-3-8(5-9)17-11(21-7-12(18)19)6-10(16-17)13(14)15/h2-6,13H,7H2,1H3,(H,18,19). The molecule has 5 nitrogen and oxygen atoms in total. The van der Waals surface area contributed by atoms with Crippen molar-refractivity contribution in [3.8, 4) is 11.4 Å². The molecule has 2 rings (SSSR count). The van der Waals surface area contributed by atoms with E-state index < -0.39 is 18.1 Å². The number of halogens is 2. The molecule has 0 aliphatic rings. The van der Waals surface area contributed by atoms with Gasteiger partial charge in [0, 0.05) is 6.07 Å². The molecular weight excluding hydrogens is 302 g/mol. The van der Waals surface area contributed by atoms with Crippen LogP contribution in [0.15, 0.2) is 35.4 Å². The molecule has 8 heteroatoms. The highest BCUT2D eigenvalue weighted by Crippen LogP contribution is 2.28. The smallest absolute Gasteiger partial charge is 0.313 e. The second kappa shape index (κ2) is 6.57. The summed E-state index contributed by atoms with van der Waals surface area (Å²) in [6.45, 7) is 0. The molecule has 1 aromatic heterocycles. The molecule has 21 heavy (non-hydrogen) atoms. The van der Waals surface area contributed by atoms with E-state index >= 15 is 0 Å². The summed E-state index contributed by atoms with van der Waals surface area (Å²) in [5.41, 5.74) is 0.125. The fourth-order valence-corrected chi connectivity index (χ4v) is 2.40. The number of carboxylic acid groups (broad SMARTS) is 1. The summed E-state index contributed by atoms with van der Waals surface area (Å²) in [4.78, 5) is 10.6. The first-order chi connectivity index (χ1) is 10.0. The number of rotatable bonds is 6. The number of aliphatic carboxylic acids is 1. The number of hydrogen-bond donors (Lipinski definition) is 1. The molecular formula is C13H12F2N2O3S. The van der Waals surface area contributed by atoms with Crippen molar-refractivity contribution >= 4 is 17.7 Å². The van der Waals surface area contributed by atoms with E-state index in [0.29, 0.717) is 16.5 Å². The maximum atomic E-state index is 12.8. The van der Waals surface area contributed by atoms with E-state index in [1.54, 1.807) is 24.3 Å². The van der Waals surface area contributed by atoms with E-state index in [2.05, 4.69) is 5.10 Å². The minimum absolute atomic E-state index is 0.238. The Morgan fingerprint density at radius 1 is 1.48 bits per heavy atom. The molecule has 0 amide bonds. The molecule has 1 heterocycles. The summed E-state index contributed by atoms with van der Waals surface area (Å²) < 4.78 is 32.0. The summed E-state index contributed by atoms with van der Waals surface area (Å²) >= 11 is 0.928. The van der Waals surface area contributed by atoms with Crippen LogP contribution in [-0.2, 0) is 4.79 Å². The second-order valence-corrected chi connectivity index (χ2v) is 5.00. The minimum Gasteiger partial charge on any atom is -0.497 e. The number of methoxy groups -OCH3 is 1. The second-order valence-electron chi connectivity index (χ2n) is 4.00. The average molecular weight is 314 g/mol. The van der Waals surface area contributed by atoms with E-state index in [0.717, 1.165) is 11.8 Å². The van der Waals surface area contributed by atoms with Gasteiger partial charge in [-0.1, -0.05) is 17.8 Å². The Balaban J connectivity index is 2.41. The van der Waals surface area contributed by atoms with E-state index in [9.17, 15) is 13.6 Å². The Morgan fingerprint density at radius 2 is 2.24 bits per heavy atom. The van der Waals surface area contributed by atoms with Gasteiger partial charge in [-0.15, -0.1) is 0 Å². The molecule has 0 radical (unpaired) electrons. The lowest BCUT2D eigenvalue weighted by molar-refractivity contribution is -0.133. The number of benzene rings is 1. The van der Waals surface area contributed by atoms with Crippen LogP contribution >= 0.6 is 11.8 Å². The van der Waals surface area contributed by atoms with E-state index in [1.165, 1.54) is 17.9 Å². The number of aromatic nitrogens is 2. The Morgan fingerprint density at radius 3 is 2.86 bits per heavy atom. The lowest BCUT2D eigenvalue weighted by atomic mass is 10.3. The first-order valence-corrected chi connectivity index (χ1v) is 6.87. The lowest BCUT2D eigenvalue weighted by Crippen LogP contribution is -2.02. The predicted octanol–water partition coefficient (Wildman–Crippen LogP) is 3.00. The summed E-state index contributed by atoms with van der Waals surface area (Å²) in [6.07, 6.45) is -2.72. The van der Waals surface area contributed by atoms with Gasteiger partial charge in [0.25, 0.3) is 6.43 Å². The number of ether oxygens (including phenoxy) is 1. The molecule has 2 aromatic rings. The molecule has 0 spiro atoms. The number of carboxylic acids is 1. The zero-order valence-corrected chi connectivity index (χ0v) is 11.8. The highest BCUT2D eigenvalue weighted by Gasteiger charge is 2.17. The van der Waals surface area contributed by atoms with Gasteiger partial charge in [0.15, 0.2) is 0 Å². The van der Waals surface area contributed by atoms with Gasteiger partial charge in [0.05, 0.1) is 18.6 Å². The largest absolute Gasteiger partial charge is 0.497 e. The van der Waals surface area contributed by atoms with Crippen molar-refractivity contribution in [1.29, 1.82) is 0 Å². The molecule has 0 atom stereocenters. The minimum atomic E-state index is -2.72. The summed E-state index contributed by atoms with van der Waals surface area (Å²) in [6, 6.07) is 7.91. The van der Waals surface area contributed by atoms with Crippen molar-refractivity contribution in [2.24, 2.45) is 0 Å². The van der Waals surface area contributed by atoms with Gasteiger partial charge in [-0.05, 0) is 18.2 Å². The van der Waals surface area contributed by atoms with Crippen molar-refractivity contribution < 1.29 is 23.4 Å². The summed E-state index contributed by atoms with van der Waals surface area (Å²) in [5, 5.41) is 12.9. The molecule has 0 saturated heterocycles. The van der Waals surface area contributed by atoms with Crippen LogP contribution in [0.25, 0.3) is 5.69 Å². The lowest BCUT2D eigenvalue weighted by Gasteiger charge is -2.07. The van der Waals surface area contributed by atoms with Crippen molar-refractivity contribution in [3.05, 3.63) is 36.0 Å². The van der Waals surface area contributed by atoms with Gasteiger partial charge in [-0.3, -0.25) is 4.79 Å². The van der Waals surface area contributed by atoms with Crippen molar-refractivity contribution in [1.82, 2.24) is 9.78 Å². The topological polar surface area (TPSA) is 64.4 Å². The van der Waals surface area contributed by atoms with Crippen LogP contribution in [0.5, 0.6) is 5.75 Å². The van der Waals surface area contributed by atoms with Crippen LogP contribution in [0.3, 0.4) is 0 Å². The summed E-state index contributed by atoms with van der Waals surface area (Å²) in [5.74, 6) is -0.717. The van der Waals surface area contributed by atoms with Gasteiger partial charge in [-0.2, -0.15) is 5.10 Å². The van der Waals surface area contributed by atoms with Gasteiger partial charge < -0.3 is 9.84 Å². The van der Waals surface area contributed by atoms with E-state index in [-0.39, 0.29) is 5.75 Å². The van der Waals surface area contributed by atoms with Crippen LogP contribution < -0.4 is 4.74 Å². The Labute approximate surface area is 123 Å². The molecule has 0 saturated carbocycles. The number of alkyl halides is 2. The monoisotopic (exact) mass is 314 g/mol. The maximum absolute atomic E-state index is 12.8. The zero-order valence-electron chi connectivity index (χ0n) is 11.0. The van der Waals surface area contributed by atoms with Crippen LogP contribution in [0.1, 0.15) is 12.1 Å². The number of nitrogens with zero attached hydrogens (tertiary/aromatic N) is 2. The average Bonchev–Trinajstić information content (AvgIpc) is 2.89. The molecule has 0 unspecified atom stereocenters. The van der Waals surface area contributed by atoms with Crippen LogP contribution in [-0.4, -0.2) is 33.7 Å². The van der Waals surface area contributed by atoms with Crippen molar-refractivity contribution in [2.45, 2.75) is 11.5 Å². The fourth-order valence-electron chi connectivity index (χ4n) is 1.65. The fraction of sp³-hybridized carbons (Fsp3) is 0.231. The first kappa shape index (κ1) is 15.3. The van der Waals surface area contributed by atoms with Gasteiger partial charge in [0.2, 0.25) is 0 Å². The summed E-state index contributed by atoms with van der Waals surface area (Å²) in [7, 11) is 1.49. The van der Waals surface area contributed by atoms with Gasteiger partial charge in [-0.25, -0.2) is 13.5 Å². The number of carbonyl (C=O) groups is 1.